The number of fused-ring (bicyclic) bond motifs is 1. The predicted molar refractivity (Wildman–Crippen MR) is 99.8 cm³/mol. The number of carboxylic acid groups (broad SMARTS) is 1. The lowest BCUT2D eigenvalue weighted by atomic mass is 9.80. The summed E-state index contributed by atoms with van der Waals surface area (Å²) < 4.78 is 42.7. The second-order valence-electron chi connectivity index (χ2n) is 7.64. The first-order chi connectivity index (χ1) is 14.0. The van der Waals surface area contributed by atoms with Crippen LogP contribution in [0.4, 0.5) is 13.2 Å². The van der Waals surface area contributed by atoms with Crippen molar-refractivity contribution in [2.45, 2.75) is 32.6 Å². The molecule has 0 unspecified atom stereocenters. The Morgan fingerprint density at radius 2 is 2.13 bits per heavy atom. The van der Waals surface area contributed by atoms with Gasteiger partial charge in [-0.3, -0.25) is 9.69 Å². The molecule has 8 nitrogen and oxygen atoms in total. The fourth-order valence-electron chi connectivity index (χ4n) is 3.66. The number of alkyl halides is 3. The molecule has 2 aliphatic rings. The summed E-state index contributed by atoms with van der Waals surface area (Å²) in [5, 5.41) is 10.2. The minimum atomic E-state index is -5.08. The number of aromatic nitrogens is 1. The van der Waals surface area contributed by atoms with Crippen molar-refractivity contribution in [1.29, 1.82) is 0 Å². The van der Waals surface area contributed by atoms with Crippen LogP contribution in [0, 0.1) is 11.3 Å². The highest BCUT2D eigenvalue weighted by atomic mass is 19.4. The number of hydrogen-bond donors (Lipinski definition) is 2. The van der Waals surface area contributed by atoms with E-state index in [1.807, 2.05) is 26.0 Å². The fourth-order valence-corrected chi connectivity index (χ4v) is 3.66. The Morgan fingerprint density at radius 1 is 1.47 bits per heavy atom. The Balaban J connectivity index is 0.000000396. The minimum Gasteiger partial charge on any atom is -0.481 e. The second-order valence-corrected chi connectivity index (χ2v) is 7.64. The normalized spacial score (nSPS) is 23.5. The van der Waals surface area contributed by atoms with E-state index in [4.69, 9.17) is 19.4 Å². The molecule has 1 aromatic rings. The number of halogens is 3. The van der Waals surface area contributed by atoms with E-state index in [2.05, 4.69) is 15.2 Å². The van der Waals surface area contributed by atoms with Gasteiger partial charge in [0.1, 0.15) is 0 Å². The average molecular weight is 433 g/mol. The minimum absolute atomic E-state index is 0.121. The van der Waals surface area contributed by atoms with E-state index in [0.29, 0.717) is 25.6 Å². The molecule has 0 aromatic carbocycles. The summed E-state index contributed by atoms with van der Waals surface area (Å²) in [4.78, 5) is 28.2. The van der Waals surface area contributed by atoms with E-state index >= 15 is 0 Å². The Morgan fingerprint density at radius 3 is 2.70 bits per heavy atom. The van der Waals surface area contributed by atoms with Crippen LogP contribution >= 0.6 is 0 Å². The standard InChI is InChI=1S/C17H25N3O3.C2HF3O2/c1-12(2)19-16(21)17-10-20(8-14(17)9-23-11-17)7-13-5-4-6-18-15(13)22-3;3-2(4,5)1(6)7/h4-6,12,14H,7-11H2,1-3H3,(H,19,21);(H,6,7)/t14-,17-;/m1./s1. The molecule has 168 valence electrons. The van der Waals surface area contributed by atoms with Crippen LogP contribution in [0.15, 0.2) is 18.3 Å². The summed E-state index contributed by atoms with van der Waals surface area (Å²) in [7, 11) is 1.63. The van der Waals surface area contributed by atoms with E-state index in [1.165, 1.54) is 0 Å². The van der Waals surface area contributed by atoms with E-state index in [1.54, 1.807) is 13.3 Å². The van der Waals surface area contributed by atoms with E-state index in [0.717, 1.165) is 18.7 Å². The molecule has 30 heavy (non-hydrogen) atoms. The molecule has 0 radical (unpaired) electrons. The summed E-state index contributed by atoms with van der Waals surface area (Å²) in [5.74, 6) is -1.73. The molecule has 2 atom stereocenters. The number of pyridine rings is 1. The van der Waals surface area contributed by atoms with Crippen molar-refractivity contribution in [3.63, 3.8) is 0 Å². The number of carboxylic acids is 1. The van der Waals surface area contributed by atoms with Crippen LogP contribution in [0.5, 0.6) is 5.88 Å². The number of ether oxygens (including phenoxy) is 2. The molecule has 1 aromatic heterocycles. The molecule has 2 N–H and O–H groups in total. The molecule has 2 fully saturated rings. The van der Waals surface area contributed by atoms with Crippen molar-refractivity contribution in [2.24, 2.45) is 11.3 Å². The summed E-state index contributed by atoms with van der Waals surface area (Å²) in [6.45, 7) is 7.48. The number of aliphatic carboxylic acids is 1. The molecule has 11 heteroatoms. The van der Waals surface area contributed by atoms with E-state index < -0.39 is 17.6 Å². The van der Waals surface area contributed by atoms with Crippen LogP contribution in [0.3, 0.4) is 0 Å². The zero-order valence-corrected chi connectivity index (χ0v) is 17.0. The summed E-state index contributed by atoms with van der Waals surface area (Å²) in [5.41, 5.74) is 0.634. The Labute approximate surface area is 172 Å². The SMILES string of the molecule is COc1ncccc1CN1C[C@@H]2COC[C@]2(C(=O)NC(C)C)C1.O=C(O)C(F)(F)F. The van der Waals surface area contributed by atoms with Crippen LogP contribution in [0.25, 0.3) is 0 Å². The van der Waals surface area contributed by atoms with Crippen LogP contribution in [-0.2, 0) is 20.9 Å². The topological polar surface area (TPSA) is 101 Å². The smallest absolute Gasteiger partial charge is 0.481 e. The van der Waals surface area contributed by atoms with Gasteiger partial charge in [-0.25, -0.2) is 9.78 Å². The van der Waals surface area contributed by atoms with E-state index in [9.17, 15) is 18.0 Å². The first-order valence-corrected chi connectivity index (χ1v) is 9.38. The second kappa shape index (κ2) is 9.61. The number of likely N-dealkylation sites (tertiary alicyclic amines) is 1. The van der Waals surface area contributed by atoms with Gasteiger partial charge in [0.15, 0.2) is 0 Å². The number of rotatable bonds is 5. The van der Waals surface area contributed by atoms with Gasteiger partial charge in [0.05, 0.1) is 25.7 Å². The quantitative estimate of drug-likeness (QED) is 0.729. The maximum Gasteiger partial charge on any atom is 0.490 e. The first kappa shape index (κ1) is 23.9. The number of nitrogens with one attached hydrogen (secondary N) is 1. The third kappa shape index (κ3) is 5.60. The summed E-state index contributed by atoms with van der Waals surface area (Å²) in [6, 6.07) is 4.08. The number of carbonyl (C=O) groups excluding carboxylic acids is 1. The molecule has 1 amide bonds. The zero-order valence-electron chi connectivity index (χ0n) is 17.0. The third-order valence-corrected chi connectivity index (χ3v) is 5.00. The van der Waals surface area contributed by atoms with Gasteiger partial charge >= 0.3 is 12.1 Å². The number of carbonyl (C=O) groups is 2. The Kier molecular flexibility index (Phi) is 7.64. The van der Waals surface area contributed by atoms with Crippen molar-refractivity contribution < 1.29 is 37.3 Å². The van der Waals surface area contributed by atoms with Crippen molar-refractivity contribution in [3.05, 3.63) is 23.9 Å². The van der Waals surface area contributed by atoms with Crippen molar-refractivity contribution in [3.8, 4) is 5.88 Å². The van der Waals surface area contributed by atoms with Crippen molar-refractivity contribution >= 4 is 11.9 Å². The molecule has 0 saturated carbocycles. The largest absolute Gasteiger partial charge is 0.490 e. The molecule has 0 aliphatic carbocycles. The number of methoxy groups -OCH3 is 1. The molecule has 2 aliphatic heterocycles. The van der Waals surface area contributed by atoms with Gasteiger partial charge in [-0.2, -0.15) is 13.2 Å². The molecule has 0 spiro atoms. The lowest BCUT2D eigenvalue weighted by Gasteiger charge is -2.27. The molecule has 3 heterocycles. The monoisotopic (exact) mass is 433 g/mol. The summed E-state index contributed by atoms with van der Waals surface area (Å²) in [6.07, 6.45) is -3.35. The van der Waals surface area contributed by atoms with E-state index in [-0.39, 0.29) is 17.9 Å². The maximum atomic E-state index is 12.7. The van der Waals surface area contributed by atoms with Gasteiger partial charge < -0.3 is 19.9 Å². The van der Waals surface area contributed by atoms with Gasteiger partial charge in [0.2, 0.25) is 11.8 Å². The van der Waals surface area contributed by atoms with Crippen LogP contribution < -0.4 is 10.1 Å². The van der Waals surface area contributed by atoms with Gasteiger partial charge in [-0.05, 0) is 19.9 Å². The van der Waals surface area contributed by atoms with Gasteiger partial charge in [0.25, 0.3) is 0 Å². The maximum absolute atomic E-state index is 12.7. The van der Waals surface area contributed by atoms with Crippen LogP contribution in [-0.4, -0.2) is 72.5 Å². The lowest BCUT2D eigenvalue weighted by molar-refractivity contribution is -0.192. The van der Waals surface area contributed by atoms with Gasteiger partial charge in [-0.1, -0.05) is 6.07 Å². The highest BCUT2D eigenvalue weighted by Crippen LogP contribution is 2.42. The fraction of sp³-hybridized carbons (Fsp3) is 0.632. The average Bonchev–Trinajstić information content (AvgIpc) is 3.19. The molecule has 0 bridgehead atoms. The van der Waals surface area contributed by atoms with Crippen molar-refractivity contribution in [1.82, 2.24) is 15.2 Å². The lowest BCUT2D eigenvalue weighted by Crippen LogP contribution is -2.48. The number of hydrogen-bond acceptors (Lipinski definition) is 6. The Bertz CT molecular complexity index is 759. The molecule has 3 rings (SSSR count). The number of amides is 1. The summed E-state index contributed by atoms with van der Waals surface area (Å²) >= 11 is 0. The number of nitrogens with zero attached hydrogens (tertiary/aromatic N) is 2. The van der Waals surface area contributed by atoms with Crippen molar-refractivity contribution in [2.75, 3.05) is 33.4 Å². The molecular weight excluding hydrogens is 407 g/mol. The predicted octanol–water partition coefficient (Wildman–Crippen LogP) is 1.70. The highest BCUT2D eigenvalue weighted by Gasteiger charge is 2.55. The van der Waals surface area contributed by atoms with Crippen LogP contribution in [0.1, 0.15) is 19.4 Å². The highest BCUT2D eigenvalue weighted by molar-refractivity contribution is 5.84. The molecular formula is C19H26F3N3O5. The van der Waals surface area contributed by atoms with Crippen LogP contribution in [0.2, 0.25) is 0 Å². The van der Waals surface area contributed by atoms with Gasteiger partial charge in [0, 0.05) is 43.4 Å². The first-order valence-electron chi connectivity index (χ1n) is 9.38. The zero-order chi connectivity index (χ0) is 22.5. The third-order valence-electron chi connectivity index (χ3n) is 5.00. The Hall–Kier alpha value is -2.40. The molecule has 2 saturated heterocycles. The van der Waals surface area contributed by atoms with Gasteiger partial charge in [-0.15, -0.1) is 0 Å².